The Morgan fingerprint density at radius 2 is 2.29 bits per heavy atom. The van der Waals surface area contributed by atoms with E-state index in [1.54, 1.807) is 12.3 Å². The minimum atomic E-state index is 0.145. The van der Waals surface area contributed by atoms with Gasteiger partial charge in [0, 0.05) is 19.2 Å². The minimum Gasteiger partial charge on any atom is -0.396 e. The zero-order chi connectivity index (χ0) is 12.8. The van der Waals surface area contributed by atoms with Gasteiger partial charge in [-0.05, 0) is 26.3 Å². The summed E-state index contributed by atoms with van der Waals surface area (Å²) >= 11 is 5.00. The second kappa shape index (κ2) is 6.46. The number of aliphatic hydroxyl groups is 1. The van der Waals surface area contributed by atoms with Crippen LogP contribution in [-0.2, 0) is 0 Å². The first-order chi connectivity index (χ1) is 8.07. The van der Waals surface area contributed by atoms with Gasteiger partial charge in [-0.3, -0.25) is 0 Å². The molecule has 1 aromatic heterocycles. The number of rotatable bonds is 6. The van der Waals surface area contributed by atoms with Crippen LogP contribution in [0.4, 0.5) is 5.82 Å². The summed E-state index contributed by atoms with van der Waals surface area (Å²) in [6.45, 7) is 4.94. The van der Waals surface area contributed by atoms with Gasteiger partial charge in [-0.1, -0.05) is 12.2 Å². The Balaban J connectivity index is 3.04. The zero-order valence-electron chi connectivity index (χ0n) is 10.1. The van der Waals surface area contributed by atoms with Crippen LogP contribution in [0.5, 0.6) is 0 Å². The second-order valence-corrected chi connectivity index (χ2v) is 4.44. The summed E-state index contributed by atoms with van der Waals surface area (Å²) in [7, 11) is 0. The lowest BCUT2D eigenvalue weighted by Crippen LogP contribution is -2.35. The van der Waals surface area contributed by atoms with E-state index in [2.05, 4.69) is 24.0 Å². The molecule has 94 valence electrons. The van der Waals surface area contributed by atoms with E-state index in [1.807, 2.05) is 4.90 Å². The molecule has 1 aromatic rings. The summed E-state index contributed by atoms with van der Waals surface area (Å²) in [4.78, 5) is 2.35. The Morgan fingerprint density at radius 1 is 1.59 bits per heavy atom. The van der Waals surface area contributed by atoms with E-state index >= 15 is 0 Å². The third kappa shape index (κ3) is 3.61. The van der Waals surface area contributed by atoms with Gasteiger partial charge in [0.25, 0.3) is 0 Å². The number of nitrogens with zero attached hydrogens (tertiary/aromatic N) is 3. The number of thiocarbonyl (C=S) groups is 1. The fourth-order valence-corrected chi connectivity index (χ4v) is 1.74. The Morgan fingerprint density at radius 3 is 2.82 bits per heavy atom. The first-order valence-corrected chi connectivity index (χ1v) is 5.97. The van der Waals surface area contributed by atoms with Crippen molar-refractivity contribution >= 4 is 23.0 Å². The Kier molecular flexibility index (Phi) is 5.24. The molecule has 0 radical (unpaired) electrons. The minimum absolute atomic E-state index is 0.145. The number of aromatic nitrogens is 2. The molecule has 1 heterocycles. The molecule has 0 unspecified atom stereocenters. The number of hydrogen-bond donors (Lipinski definition) is 2. The molecular weight excluding hydrogens is 236 g/mol. The predicted octanol–water partition coefficient (Wildman–Crippen LogP) is 0.708. The summed E-state index contributed by atoms with van der Waals surface area (Å²) in [5.74, 6) is 0.684. The molecule has 0 aliphatic rings. The maximum atomic E-state index is 8.91. The molecular formula is C11H18N4OS. The molecule has 0 fully saturated rings. The Hall–Kier alpha value is -1.27. The molecule has 0 spiro atoms. The van der Waals surface area contributed by atoms with Crippen LogP contribution in [0.2, 0.25) is 0 Å². The highest BCUT2D eigenvalue weighted by molar-refractivity contribution is 7.80. The van der Waals surface area contributed by atoms with Crippen LogP contribution < -0.4 is 10.6 Å². The highest BCUT2D eigenvalue weighted by Crippen LogP contribution is 2.18. The van der Waals surface area contributed by atoms with Crippen molar-refractivity contribution in [1.82, 2.24) is 10.2 Å². The molecule has 0 saturated heterocycles. The number of hydrogen-bond acceptors (Lipinski definition) is 5. The third-order valence-corrected chi connectivity index (χ3v) is 2.64. The first kappa shape index (κ1) is 13.8. The van der Waals surface area contributed by atoms with E-state index in [1.165, 1.54) is 0 Å². The van der Waals surface area contributed by atoms with Crippen molar-refractivity contribution in [2.45, 2.75) is 26.3 Å². The third-order valence-electron chi connectivity index (χ3n) is 2.42. The SMILES string of the molecule is CC(C)N(CCCO)c1nnccc1C(N)=S. The average molecular weight is 254 g/mol. The highest BCUT2D eigenvalue weighted by atomic mass is 32.1. The van der Waals surface area contributed by atoms with Gasteiger partial charge in [0.2, 0.25) is 0 Å². The van der Waals surface area contributed by atoms with E-state index in [-0.39, 0.29) is 12.6 Å². The summed E-state index contributed by atoms with van der Waals surface area (Å²) in [6.07, 6.45) is 2.24. The quantitative estimate of drug-likeness (QED) is 0.728. The van der Waals surface area contributed by atoms with Crippen LogP contribution in [0, 0.1) is 0 Å². The van der Waals surface area contributed by atoms with Crippen molar-refractivity contribution in [2.75, 3.05) is 18.1 Å². The molecule has 0 amide bonds. The van der Waals surface area contributed by atoms with Crippen LogP contribution in [0.25, 0.3) is 0 Å². The lowest BCUT2D eigenvalue weighted by atomic mass is 10.2. The Labute approximate surface area is 107 Å². The van der Waals surface area contributed by atoms with E-state index in [9.17, 15) is 0 Å². The maximum Gasteiger partial charge on any atom is 0.161 e. The molecule has 0 aliphatic heterocycles. The summed E-state index contributed by atoms with van der Waals surface area (Å²) in [6, 6.07) is 2.00. The zero-order valence-corrected chi connectivity index (χ0v) is 10.9. The standard InChI is InChI=1S/C11H18N4OS/c1-8(2)15(6-3-7-16)11-9(10(12)17)4-5-13-14-11/h4-5,8,16H,3,6-7H2,1-2H3,(H2,12,17). The van der Waals surface area contributed by atoms with Gasteiger partial charge in [0.1, 0.15) is 4.99 Å². The van der Waals surface area contributed by atoms with Crippen LogP contribution in [-0.4, -0.2) is 39.5 Å². The van der Waals surface area contributed by atoms with Gasteiger partial charge >= 0.3 is 0 Å². The van der Waals surface area contributed by atoms with Gasteiger partial charge in [0.15, 0.2) is 5.82 Å². The molecule has 0 aliphatic carbocycles. The van der Waals surface area contributed by atoms with Gasteiger partial charge in [-0.2, -0.15) is 5.10 Å². The number of anilines is 1. The Bertz CT molecular complexity index is 383. The van der Waals surface area contributed by atoms with Crippen molar-refractivity contribution < 1.29 is 5.11 Å². The molecule has 0 aromatic carbocycles. The fraction of sp³-hybridized carbons (Fsp3) is 0.545. The monoisotopic (exact) mass is 254 g/mol. The second-order valence-electron chi connectivity index (χ2n) is 4.00. The van der Waals surface area contributed by atoms with E-state index in [4.69, 9.17) is 23.1 Å². The normalized spacial score (nSPS) is 10.6. The van der Waals surface area contributed by atoms with Crippen LogP contribution in [0.1, 0.15) is 25.8 Å². The molecule has 1 rings (SSSR count). The molecule has 6 heteroatoms. The van der Waals surface area contributed by atoms with Crippen molar-refractivity contribution in [1.29, 1.82) is 0 Å². The van der Waals surface area contributed by atoms with Crippen LogP contribution in [0.15, 0.2) is 12.3 Å². The van der Waals surface area contributed by atoms with Crippen molar-refractivity contribution in [2.24, 2.45) is 5.73 Å². The maximum absolute atomic E-state index is 8.91. The van der Waals surface area contributed by atoms with Gasteiger partial charge < -0.3 is 15.7 Å². The highest BCUT2D eigenvalue weighted by Gasteiger charge is 2.17. The average Bonchev–Trinajstić information content (AvgIpc) is 2.29. The van der Waals surface area contributed by atoms with E-state index < -0.39 is 0 Å². The van der Waals surface area contributed by atoms with Crippen molar-refractivity contribution in [3.63, 3.8) is 0 Å². The lowest BCUT2D eigenvalue weighted by molar-refractivity contribution is 0.288. The van der Waals surface area contributed by atoms with E-state index in [0.717, 1.165) is 5.56 Å². The number of nitrogens with two attached hydrogens (primary N) is 1. The van der Waals surface area contributed by atoms with Crippen molar-refractivity contribution in [3.8, 4) is 0 Å². The van der Waals surface area contributed by atoms with E-state index in [0.29, 0.717) is 23.8 Å². The van der Waals surface area contributed by atoms with Gasteiger partial charge in [-0.15, -0.1) is 5.10 Å². The summed E-state index contributed by atoms with van der Waals surface area (Å²) in [5, 5.41) is 16.9. The van der Waals surface area contributed by atoms with Crippen LogP contribution >= 0.6 is 12.2 Å². The molecule has 3 N–H and O–H groups in total. The molecule has 0 bridgehead atoms. The van der Waals surface area contributed by atoms with Gasteiger partial charge in [-0.25, -0.2) is 0 Å². The topological polar surface area (TPSA) is 75.3 Å². The summed E-state index contributed by atoms with van der Waals surface area (Å²) < 4.78 is 0. The smallest absolute Gasteiger partial charge is 0.161 e. The number of aliphatic hydroxyl groups excluding tert-OH is 1. The predicted molar refractivity (Wildman–Crippen MR) is 72.1 cm³/mol. The molecule has 0 atom stereocenters. The summed E-state index contributed by atoms with van der Waals surface area (Å²) in [5.41, 5.74) is 6.39. The molecule has 5 nitrogen and oxygen atoms in total. The van der Waals surface area contributed by atoms with Crippen molar-refractivity contribution in [3.05, 3.63) is 17.8 Å². The molecule has 17 heavy (non-hydrogen) atoms. The first-order valence-electron chi connectivity index (χ1n) is 5.57. The van der Waals surface area contributed by atoms with Gasteiger partial charge in [0.05, 0.1) is 11.8 Å². The molecule has 0 saturated carbocycles. The largest absolute Gasteiger partial charge is 0.396 e. The fourth-order valence-electron chi connectivity index (χ4n) is 1.58. The lowest BCUT2D eigenvalue weighted by Gasteiger charge is -2.28. The van der Waals surface area contributed by atoms with Crippen LogP contribution in [0.3, 0.4) is 0 Å².